The van der Waals surface area contributed by atoms with Crippen LogP contribution < -0.4 is 0 Å². The lowest BCUT2D eigenvalue weighted by atomic mass is 10.0. The normalized spacial score (nSPS) is 18.4. The average Bonchev–Trinajstić information content (AvgIpc) is 3.18. The Bertz CT molecular complexity index is 906. The molecule has 2 fully saturated rings. The summed E-state index contributed by atoms with van der Waals surface area (Å²) >= 11 is 3.21. The molecule has 2 aliphatic heterocycles. The zero-order chi connectivity index (χ0) is 20.4. The Kier molecular flexibility index (Phi) is 5.71. The van der Waals surface area contributed by atoms with Crippen molar-refractivity contribution in [3.8, 4) is 0 Å². The number of carbonyl (C=O) groups excluding carboxylic acids is 3. The number of likely N-dealkylation sites (tertiary alicyclic amines) is 1. The van der Waals surface area contributed by atoms with Crippen molar-refractivity contribution in [2.75, 3.05) is 26.2 Å². The summed E-state index contributed by atoms with van der Waals surface area (Å²) in [7, 11) is 0. The van der Waals surface area contributed by atoms with Crippen LogP contribution in [0.5, 0.6) is 0 Å². The second kappa shape index (κ2) is 8.41. The van der Waals surface area contributed by atoms with Gasteiger partial charge in [0.1, 0.15) is 0 Å². The van der Waals surface area contributed by atoms with Crippen molar-refractivity contribution in [3.63, 3.8) is 0 Å². The van der Waals surface area contributed by atoms with Crippen LogP contribution in [0.15, 0.2) is 51.6 Å². The topological polar surface area (TPSA) is 74.1 Å². The molecule has 0 spiro atoms. The van der Waals surface area contributed by atoms with Gasteiger partial charge < -0.3 is 19.1 Å². The van der Waals surface area contributed by atoms with Crippen molar-refractivity contribution in [2.45, 2.75) is 25.4 Å². The summed E-state index contributed by atoms with van der Waals surface area (Å²) in [5.74, 6) is -0.730. The predicted octanol–water partition coefficient (Wildman–Crippen LogP) is 2.52. The fourth-order valence-corrected chi connectivity index (χ4v) is 4.26. The maximum Gasteiger partial charge on any atom is 0.312 e. The van der Waals surface area contributed by atoms with Crippen molar-refractivity contribution in [1.29, 1.82) is 0 Å². The van der Waals surface area contributed by atoms with Crippen molar-refractivity contribution < 1.29 is 18.8 Å². The molecule has 152 valence electrons. The minimum atomic E-state index is -0.445. The third kappa shape index (κ3) is 4.22. The number of carbonyl (C=O) groups is 3. The monoisotopic (exact) mass is 459 g/mol. The third-order valence-corrected chi connectivity index (χ3v) is 5.96. The second-order valence-corrected chi connectivity index (χ2v) is 8.12. The molecule has 0 atom stereocenters. The molecule has 0 radical (unpaired) electrons. The molecule has 0 aliphatic carbocycles. The Labute approximate surface area is 177 Å². The number of hydrogen-bond donors (Lipinski definition) is 0. The van der Waals surface area contributed by atoms with Crippen molar-refractivity contribution >= 4 is 33.7 Å². The summed E-state index contributed by atoms with van der Waals surface area (Å²) in [5.41, 5.74) is 1.01. The Morgan fingerprint density at radius 2 is 1.69 bits per heavy atom. The first-order valence-electron chi connectivity index (χ1n) is 9.71. The molecular formula is C21H22BrN3O4. The summed E-state index contributed by atoms with van der Waals surface area (Å²) in [6.45, 7) is 2.58. The number of piperazine rings is 1. The van der Waals surface area contributed by atoms with Gasteiger partial charge in [-0.2, -0.15) is 0 Å². The van der Waals surface area contributed by atoms with Crippen LogP contribution >= 0.6 is 15.9 Å². The molecule has 2 aromatic rings. The first kappa shape index (κ1) is 19.7. The lowest BCUT2D eigenvalue weighted by molar-refractivity contribution is -0.158. The molecule has 3 heterocycles. The molecule has 0 N–H and O–H groups in total. The summed E-state index contributed by atoms with van der Waals surface area (Å²) in [5, 5.41) is 0. The van der Waals surface area contributed by atoms with E-state index in [-0.39, 0.29) is 11.9 Å². The van der Waals surface area contributed by atoms with Gasteiger partial charge >= 0.3 is 11.8 Å². The van der Waals surface area contributed by atoms with Gasteiger partial charge in [-0.25, -0.2) is 0 Å². The van der Waals surface area contributed by atoms with Gasteiger partial charge in [0.15, 0.2) is 10.4 Å². The number of hydrogen-bond acceptors (Lipinski definition) is 4. The van der Waals surface area contributed by atoms with Crippen LogP contribution in [0.1, 0.15) is 29.0 Å². The third-order valence-electron chi connectivity index (χ3n) is 5.53. The number of furan rings is 1. The van der Waals surface area contributed by atoms with Gasteiger partial charge in [0.2, 0.25) is 0 Å². The quantitative estimate of drug-likeness (QED) is 0.658. The van der Waals surface area contributed by atoms with Gasteiger partial charge in [-0.15, -0.1) is 0 Å². The lowest BCUT2D eigenvalue weighted by Gasteiger charge is -2.42. The van der Waals surface area contributed by atoms with Gasteiger partial charge in [-0.05, 0) is 46.5 Å². The second-order valence-electron chi connectivity index (χ2n) is 7.34. The molecule has 1 aromatic carbocycles. The highest BCUT2D eigenvalue weighted by Crippen LogP contribution is 2.23. The molecule has 0 saturated carbocycles. The number of piperidine rings is 1. The summed E-state index contributed by atoms with van der Waals surface area (Å²) < 4.78 is 5.87. The van der Waals surface area contributed by atoms with E-state index in [2.05, 4.69) is 15.9 Å². The highest BCUT2D eigenvalue weighted by atomic mass is 79.9. The standard InChI is InChI=1S/C21H22BrN3O4/c22-18-7-6-17(29-18)19(26)23-10-8-16(9-11-23)25-13-12-24(20(27)21(25)28)14-15-4-2-1-3-5-15/h1-7,16H,8-14H2. The van der Waals surface area contributed by atoms with Crippen LogP contribution in [-0.2, 0) is 16.1 Å². The Morgan fingerprint density at radius 1 is 0.966 bits per heavy atom. The van der Waals surface area contributed by atoms with Crippen molar-refractivity contribution in [1.82, 2.24) is 14.7 Å². The van der Waals surface area contributed by atoms with Gasteiger partial charge in [-0.1, -0.05) is 30.3 Å². The zero-order valence-corrected chi connectivity index (χ0v) is 17.5. The van der Waals surface area contributed by atoms with Crippen molar-refractivity contribution in [3.05, 3.63) is 58.5 Å². The van der Waals surface area contributed by atoms with E-state index in [1.807, 2.05) is 30.3 Å². The summed E-state index contributed by atoms with van der Waals surface area (Å²) in [4.78, 5) is 42.8. The molecule has 1 aromatic heterocycles. The summed E-state index contributed by atoms with van der Waals surface area (Å²) in [6, 6.07) is 13.0. The fraction of sp³-hybridized carbons (Fsp3) is 0.381. The fourth-order valence-electron chi connectivity index (χ4n) is 3.96. The zero-order valence-electron chi connectivity index (χ0n) is 15.9. The molecule has 4 rings (SSSR count). The molecule has 7 nitrogen and oxygen atoms in total. The summed E-state index contributed by atoms with van der Waals surface area (Å²) in [6.07, 6.45) is 1.32. The van der Waals surface area contributed by atoms with E-state index in [1.54, 1.807) is 26.8 Å². The first-order valence-corrected chi connectivity index (χ1v) is 10.5. The van der Waals surface area contributed by atoms with Crippen molar-refractivity contribution in [2.24, 2.45) is 0 Å². The molecule has 29 heavy (non-hydrogen) atoms. The van der Waals surface area contributed by atoms with Crippen LogP contribution in [0.3, 0.4) is 0 Å². The number of halogens is 1. The van der Waals surface area contributed by atoms with E-state index >= 15 is 0 Å². The van der Waals surface area contributed by atoms with Gasteiger partial charge in [0.25, 0.3) is 5.91 Å². The number of amides is 3. The Hall–Kier alpha value is -2.61. The van der Waals surface area contributed by atoms with E-state index in [0.717, 1.165) is 5.56 Å². The van der Waals surface area contributed by atoms with Gasteiger partial charge in [-0.3, -0.25) is 14.4 Å². The first-order chi connectivity index (χ1) is 14.0. The SMILES string of the molecule is O=C1C(=O)N(C2CCN(C(=O)c3ccc(Br)o3)CC2)CCN1Cc1ccccc1. The van der Waals surface area contributed by atoms with E-state index in [9.17, 15) is 14.4 Å². The molecule has 2 saturated heterocycles. The number of rotatable bonds is 4. The minimum absolute atomic E-state index is 0.0160. The Balaban J connectivity index is 1.33. The van der Waals surface area contributed by atoms with Crippen LogP contribution in [0.25, 0.3) is 0 Å². The Morgan fingerprint density at radius 3 is 2.34 bits per heavy atom. The molecule has 0 unspecified atom stereocenters. The van der Waals surface area contributed by atoms with Crippen LogP contribution in [0.2, 0.25) is 0 Å². The van der Waals surface area contributed by atoms with E-state index in [4.69, 9.17) is 4.42 Å². The van der Waals surface area contributed by atoms with Crippen LogP contribution in [-0.4, -0.2) is 64.6 Å². The number of benzene rings is 1. The smallest absolute Gasteiger partial charge is 0.312 e. The molecule has 3 amide bonds. The minimum Gasteiger partial charge on any atom is -0.444 e. The van der Waals surface area contributed by atoms with Crippen LogP contribution in [0.4, 0.5) is 0 Å². The maximum atomic E-state index is 12.7. The number of nitrogens with zero attached hydrogens (tertiary/aromatic N) is 3. The molecule has 0 bridgehead atoms. The van der Waals surface area contributed by atoms with Crippen LogP contribution in [0, 0.1) is 0 Å². The predicted molar refractivity (Wildman–Crippen MR) is 109 cm³/mol. The average molecular weight is 460 g/mol. The molecule has 8 heteroatoms. The maximum absolute atomic E-state index is 12.7. The lowest BCUT2D eigenvalue weighted by Crippen LogP contribution is -2.59. The highest BCUT2D eigenvalue weighted by molar-refractivity contribution is 9.10. The van der Waals surface area contributed by atoms with E-state index < -0.39 is 11.8 Å². The highest BCUT2D eigenvalue weighted by Gasteiger charge is 2.38. The molecular weight excluding hydrogens is 438 g/mol. The van der Waals surface area contributed by atoms with E-state index in [1.165, 1.54) is 0 Å². The molecule has 2 aliphatic rings. The van der Waals surface area contributed by atoms with Gasteiger partial charge in [0, 0.05) is 38.8 Å². The largest absolute Gasteiger partial charge is 0.444 e. The van der Waals surface area contributed by atoms with E-state index in [0.29, 0.717) is 56.0 Å². The van der Waals surface area contributed by atoms with Gasteiger partial charge in [0.05, 0.1) is 0 Å².